The highest BCUT2D eigenvalue weighted by molar-refractivity contribution is 5.81. The minimum absolute atomic E-state index is 0.0619. The molecule has 1 heterocycles. The van der Waals surface area contributed by atoms with Crippen LogP contribution in [0.3, 0.4) is 0 Å². The van der Waals surface area contributed by atoms with Gasteiger partial charge in [0.15, 0.2) is 0 Å². The van der Waals surface area contributed by atoms with E-state index in [1.54, 1.807) is 0 Å². The molecule has 0 aliphatic carbocycles. The Hall–Kier alpha value is -0.610. The molecule has 1 atom stereocenters. The van der Waals surface area contributed by atoms with Gasteiger partial charge in [0, 0.05) is 26.3 Å². The van der Waals surface area contributed by atoms with E-state index in [1.807, 2.05) is 11.8 Å². The summed E-state index contributed by atoms with van der Waals surface area (Å²) in [5, 5.41) is 3.28. The van der Waals surface area contributed by atoms with E-state index in [4.69, 9.17) is 4.74 Å². The summed E-state index contributed by atoms with van der Waals surface area (Å²) in [6, 6.07) is -0.0619. The predicted octanol–water partition coefficient (Wildman–Crippen LogP) is 1.65. The first-order valence-electron chi connectivity index (χ1n) is 7.21. The van der Waals surface area contributed by atoms with Gasteiger partial charge in [-0.3, -0.25) is 4.79 Å². The van der Waals surface area contributed by atoms with Crippen molar-refractivity contribution in [2.75, 3.05) is 32.8 Å². The molecule has 1 amide bonds. The summed E-state index contributed by atoms with van der Waals surface area (Å²) >= 11 is 0. The number of nitrogens with zero attached hydrogens (tertiary/aromatic N) is 1. The van der Waals surface area contributed by atoms with Gasteiger partial charge in [0.2, 0.25) is 5.91 Å². The van der Waals surface area contributed by atoms with Crippen molar-refractivity contribution in [3.8, 4) is 0 Å². The fourth-order valence-corrected chi connectivity index (χ4v) is 2.11. The van der Waals surface area contributed by atoms with E-state index in [2.05, 4.69) is 19.2 Å². The van der Waals surface area contributed by atoms with Crippen LogP contribution in [0.5, 0.6) is 0 Å². The molecule has 1 aliphatic heterocycles. The Kier molecular flexibility index (Phi) is 7.28. The number of amides is 1. The highest BCUT2D eigenvalue weighted by Gasteiger charge is 2.22. The third-order valence-corrected chi connectivity index (χ3v) is 3.16. The molecular formula is C14H28N2O2. The van der Waals surface area contributed by atoms with Crippen LogP contribution in [0.2, 0.25) is 0 Å². The maximum atomic E-state index is 12.0. The molecule has 18 heavy (non-hydrogen) atoms. The molecule has 0 radical (unpaired) electrons. The fraction of sp³-hybridized carbons (Fsp3) is 0.929. The zero-order chi connectivity index (χ0) is 13.4. The van der Waals surface area contributed by atoms with Crippen molar-refractivity contribution in [1.82, 2.24) is 10.2 Å². The lowest BCUT2D eigenvalue weighted by molar-refractivity contribution is -0.131. The summed E-state index contributed by atoms with van der Waals surface area (Å²) in [7, 11) is 0. The maximum absolute atomic E-state index is 12.0. The Bertz CT molecular complexity index is 238. The van der Waals surface area contributed by atoms with Crippen molar-refractivity contribution in [3.63, 3.8) is 0 Å². The van der Waals surface area contributed by atoms with Gasteiger partial charge in [-0.25, -0.2) is 0 Å². The standard InChI is InChI=1S/C14H28N2O2/c1-12(2)11-18-10-6-7-15-13(3)14(17)16-8-4-5-9-16/h12-13,15H,4-11H2,1-3H3. The van der Waals surface area contributed by atoms with Crippen LogP contribution in [0, 0.1) is 5.92 Å². The Morgan fingerprint density at radius 1 is 1.28 bits per heavy atom. The Labute approximate surface area is 111 Å². The molecule has 1 rings (SSSR count). The van der Waals surface area contributed by atoms with Gasteiger partial charge in [-0.05, 0) is 38.6 Å². The lowest BCUT2D eigenvalue weighted by atomic mass is 10.2. The highest BCUT2D eigenvalue weighted by atomic mass is 16.5. The lowest BCUT2D eigenvalue weighted by Crippen LogP contribution is -2.44. The van der Waals surface area contributed by atoms with Crippen LogP contribution < -0.4 is 5.32 Å². The number of hydrogen-bond acceptors (Lipinski definition) is 3. The number of hydrogen-bond donors (Lipinski definition) is 1. The van der Waals surface area contributed by atoms with Crippen LogP contribution in [-0.4, -0.2) is 49.7 Å². The average Bonchev–Trinajstić information content (AvgIpc) is 2.85. The van der Waals surface area contributed by atoms with E-state index < -0.39 is 0 Å². The minimum atomic E-state index is -0.0619. The normalized spacial score (nSPS) is 17.4. The third-order valence-electron chi connectivity index (χ3n) is 3.16. The van der Waals surface area contributed by atoms with Gasteiger partial charge >= 0.3 is 0 Å². The number of nitrogens with one attached hydrogen (secondary N) is 1. The van der Waals surface area contributed by atoms with Crippen LogP contribution in [0.1, 0.15) is 40.0 Å². The van der Waals surface area contributed by atoms with Crippen molar-refractivity contribution >= 4 is 5.91 Å². The second kappa shape index (κ2) is 8.48. The largest absolute Gasteiger partial charge is 0.381 e. The summed E-state index contributed by atoms with van der Waals surface area (Å²) in [6.07, 6.45) is 3.27. The molecule has 0 aromatic rings. The first-order valence-corrected chi connectivity index (χ1v) is 7.21. The van der Waals surface area contributed by atoms with Crippen LogP contribution in [-0.2, 0) is 9.53 Å². The van der Waals surface area contributed by atoms with Crippen molar-refractivity contribution in [1.29, 1.82) is 0 Å². The summed E-state index contributed by atoms with van der Waals surface area (Å²) in [5.41, 5.74) is 0. The Morgan fingerprint density at radius 3 is 2.56 bits per heavy atom. The lowest BCUT2D eigenvalue weighted by Gasteiger charge is -2.21. The number of carbonyl (C=O) groups excluding carboxylic acids is 1. The van der Waals surface area contributed by atoms with Crippen molar-refractivity contribution < 1.29 is 9.53 Å². The summed E-state index contributed by atoms with van der Waals surface area (Å²) in [6.45, 7) is 10.6. The minimum Gasteiger partial charge on any atom is -0.381 e. The molecule has 1 unspecified atom stereocenters. The van der Waals surface area contributed by atoms with Gasteiger partial charge < -0.3 is 15.0 Å². The second-order valence-electron chi connectivity index (χ2n) is 5.53. The monoisotopic (exact) mass is 256 g/mol. The summed E-state index contributed by atoms with van der Waals surface area (Å²) in [4.78, 5) is 14.0. The maximum Gasteiger partial charge on any atom is 0.239 e. The average molecular weight is 256 g/mol. The molecule has 4 nitrogen and oxygen atoms in total. The van der Waals surface area contributed by atoms with Gasteiger partial charge in [-0.2, -0.15) is 0 Å². The van der Waals surface area contributed by atoms with Gasteiger partial charge in [0.05, 0.1) is 6.04 Å². The number of rotatable bonds is 8. The number of likely N-dealkylation sites (tertiary alicyclic amines) is 1. The summed E-state index contributed by atoms with van der Waals surface area (Å²) in [5.74, 6) is 0.837. The zero-order valence-electron chi connectivity index (χ0n) is 12.1. The van der Waals surface area contributed by atoms with Crippen LogP contribution in [0.4, 0.5) is 0 Å². The van der Waals surface area contributed by atoms with Crippen LogP contribution in [0.25, 0.3) is 0 Å². The predicted molar refractivity (Wildman–Crippen MR) is 73.6 cm³/mol. The van der Waals surface area contributed by atoms with Gasteiger partial charge in [-0.15, -0.1) is 0 Å². The molecule has 1 fully saturated rings. The van der Waals surface area contributed by atoms with Crippen molar-refractivity contribution in [2.24, 2.45) is 5.92 Å². The molecule has 0 aromatic carbocycles. The number of ether oxygens (including phenoxy) is 1. The Balaban J connectivity index is 2.02. The second-order valence-corrected chi connectivity index (χ2v) is 5.53. The summed E-state index contributed by atoms with van der Waals surface area (Å²) < 4.78 is 5.50. The topological polar surface area (TPSA) is 41.6 Å². The molecule has 106 valence electrons. The van der Waals surface area contributed by atoms with Crippen molar-refractivity contribution in [3.05, 3.63) is 0 Å². The van der Waals surface area contributed by atoms with Gasteiger partial charge in [-0.1, -0.05) is 13.8 Å². The molecule has 1 saturated heterocycles. The molecule has 1 aliphatic rings. The zero-order valence-corrected chi connectivity index (χ0v) is 12.1. The fourth-order valence-electron chi connectivity index (χ4n) is 2.11. The van der Waals surface area contributed by atoms with E-state index in [9.17, 15) is 4.79 Å². The van der Waals surface area contributed by atoms with Gasteiger partial charge in [0.1, 0.15) is 0 Å². The first-order chi connectivity index (χ1) is 8.61. The molecule has 0 bridgehead atoms. The quantitative estimate of drug-likeness (QED) is 0.671. The Morgan fingerprint density at radius 2 is 1.94 bits per heavy atom. The molecule has 4 heteroatoms. The van der Waals surface area contributed by atoms with E-state index in [-0.39, 0.29) is 11.9 Å². The molecule has 0 saturated carbocycles. The number of carbonyl (C=O) groups is 1. The molecule has 0 spiro atoms. The van der Waals surface area contributed by atoms with E-state index in [1.165, 1.54) is 0 Å². The SMILES string of the molecule is CC(C)COCCCNC(C)C(=O)N1CCCC1. The smallest absolute Gasteiger partial charge is 0.239 e. The van der Waals surface area contributed by atoms with Crippen LogP contribution >= 0.6 is 0 Å². The highest BCUT2D eigenvalue weighted by Crippen LogP contribution is 2.08. The molecule has 1 N–H and O–H groups in total. The first kappa shape index (κ1) is 15.4. The molecule has 0 aromatic heterocycles. The van der Waals surface area contributed by atoms with Crippen LogP contribution in [0.15, 0.2) is 0 Å². The van der Waals surface area contributed by atoms with E-state index in [0.717, 1.165) is 52.1 Å². The van der Waals surface area contributed by atoms with E-state index in [0.29, 0.717) is 5.92 Å². The van der Waals surface area contributed by atoms with E-state index >= 15 is 0 Å². The molecular weight excluding hydrogens is 228 g/mol. The van der Waals surface area contributed by atoms with Crippen molar-refractivity contribution in [2.45, 2.75) is 46.1 Å². The van der Waals surface area contributed by atoms with Gasteiger partial charge in [0.25, 0.3) is 0 Å². The third kappa shape index (κ3) is 5.83.